The molecule has 23 heavy (non-hydrogen) atoms. The Balaban J connectivity index is 1.87. The summed E-state index contributed by atoms with van der Waals surface area (Å²) in [6, 6.07) is 8.37. The van der Waals surface area contributed by atoms with Crippen LogP contribution in [0.3, 0.4) is 0 Å². The maximum atomic E-state index is 4.67. The van der Waals surface area contributed by atoms with Crippen molar-refractivity contribution in [3.05, 3.63) is 51.5 Å². The molecular formula is C18H26N4S. The smallest absolute Gasteiger partial charge is 0.191 e. The van der Waals surface area contributed by atoms with Crippen molar-refractivity contribution in [1.82, 2.24) is 15.6 Å². The number of thiazole rings is 1. The zero-order valence-corrected chi connectivity index (χ0v) is 15.0. The lowest BCUT2D eigenvalue weighted by molar-refractivity contribution is 0.796. The Morgan fingerprint density at radius 1 is 1.22 bits per heavy atom. The highest BCUT2D eigenvalue weighted by Crippen LogP contribution is 2.13. The lowest BCUT2D eigenvalue weighted by Crippen LogP contribution is -2.38. The van der Waals surface area contributed by atoms with Gasteiger partial charge in [0.25, 0.3) is 0 Å². The first kappa shape index (κ1) is 17.5. The number of aliphatic imine (C=N–C) groups is 1. The Kier molecular flexibility index (Phi) is 7.07. The average Bonchev–Trinajstić information content (AvgIpc) is 3.02. The summed E-state index contributed by atoms with van der Waals surface area (Å²) in [5.74, 6) is 0.864. The molecular weight excluding hydrogens is 304 g/mol. The van der Waals surface area contributed by atoms with Gasteiger partial charge in [0.15, 0.2) is 5.96 Å². The van der Waals surface area contributed by atoms with Crippen molar-refractivity contribution in [1.29, 1.82) is 0 Å². The van der Waals surface area contributed by atoms with Crippen LogP contribution in [0, 0.1) is 6.92 Å². The largest absolute Gasteiger partial charge is 0.357 e. The van der Waals surface area contributed by atoms with Gasteiger partial charge >= 0.3 is 0 Å². The van der Waals surface area contributed by atoms with Gasteiger partial charge in [-0.05, 0) is 31.4 Å². The summed E-state index contributed by atoms with van der Waals surface area (Å²) < 4.78 is 0. The maximum absolute atomic E-state index is 4.67. The van der Waals surface area contributed by atoms with Gasteiger partial charge < -0.3 is 10.6 Å². The van der Waals surface area contributed by atoms with E-state index in [9.17, 15) is 0 Å². The number of hydrogen-bond acceptors (Lipinski definition) is 3. The molecule has 0 bridgehead atoms. The fraction of sp³-hybridized carbons (Fsp3) is 0.444. The Bertz CT molecular complexity index is 633. The van der Waals surface area contributed by atoms with E-state index in [-0.39, 0.29) is 0 Å². The molecule has 124 valence electrons. The van der Waals surface area contributed by atoms with Crippen molar-refractivity contribution in [2.24, 2.45) is 4.99 Å². The number of hydrogen-bond donors (Lipinski definition) is 2. The monoisotopic (exact) mass is 330 g/mol. The van der Waals surface area contributed by atoms with Gasteiger partial charge in [-0.2, -0.15) is 0 Å². The molecule has 2 N–H and O–H groups in total. The molecule has 0 aliphatic heterocycles. The number of rotatable bonds is 7. The fourth-order valence-corrected chi connectivity index (χ4v) is 3.07. The summed E-state index contributed by atoms with van der Waals surface area (Å²) in [5, 5.41) is 7.87. The molecule has 4 nitrogen and oxygen atoms in total. The number of aryl methyl sites for hydroxylation is 2. The molecule has 0 spiro atoms. The van der Waals surface area contributed by atoms with E-state index in [2.05, 4.69) is 65.6 Å². The second kappa shape index (κ2) is 9.30. The summed E-state index contributed by atoms with van der Waals surface area (Å²) in [5.41, 5.74) is 2.54. The van der Waals surface area contributed by atoms with Crippen LogP contribution < -0.4 is 10.6 Å². The SMILES string of the molecule is CCNC(=NCc1ccccc1C)NCCc1ncc(CC)s1. The van der Waals surface area contributed by atoms with Crippen molar-refractivity contribution >= 4 is 17.3 Å². The average molecular weight is 331 g/mol. The molecule has 0 unspecified atom stereocenters. The van der Waals surface area contributed by atoms with Gasteiger partial charge in [0, 0.05) is 30.6 Å². The van der Waals surface area contributed by atoms with Crippen molar-refractivity contribution in [3.63, 3.8) is 0 Å². The molecule has 0 aliphatic rings. The highest BCUT2D eigenvalue weighted by molar-refractivity contribution is 7.11. The Hall–Kier alpha value is -1.88. The van der Waals surface area contributed by atoms with E-state index in [1.54, 1.807) is 11.3 Å². The molecule has 0 atom stereocenters. The standard InChI is InChI=1S/C18H26N4S/c1-4-16-13-21-17(23-16)10-11-20-18(19-5-2)22-12-15-9-7-6-8-14(15)3/h6-9,13H,4-5,10-12H2,1-3H3,(H2,19,20,22). The van der Waals surface area contributed by atoms with Crippen LogP contribution in [0.4, 0.5) is 0 Å². The van der Waals surface area contributed by atoms with Crippen LogP contribution in [0.1, 0.15) is 34.9 Å². The lowest BCUT2D eigenvalue weighted by atomic mass is 10.1. The molecule has 1 heterocycles. The van der Waals surface area contributed by atoms with Crippen LogP contribution in [-0.4, -0.2) is 24.0 Å². The normalized spacial score (nSPS) is 11.5. The van der Waals surface area contributed by atoms with E-state index in [4.69, 9.17) is 0 Å². The van der Waals surface area contributed by atoms with E-state index in [0.29, 0.717) is 6.54 Å². The van der Waals surface area contributed by atoms with Gasteiger partial charge in [-0.1, -0.05) is 31.2 Å². The van der Waals surface area contributed by atoms with Crippen LogP contribution in [0.25, 0.3) is 0 Å². The molecule has 2 rings (SSSR count). The van der Waals surface area contributed by atoms with Crippen LogP contribution in [-0.2, 0) is 19.4 Å². The fourth-order valence-electron chi connectivity index (χ4n) is 2.21. The molecule has 0 fully saturated rings. The summed E-state index contributed by atoms with van der Waals surface area (Å²) in [6.07, 6.45) is 3.97. The number of nitrogens with zero attached hydrogens (tertiary/aromatic N) is 2. The molecule has 1 aromatic carbocycles. The van der Waals surface area contributed by atoms with Crippen molar-refractivity contribution in [2.45, 2.75) is 40.2 Å². The summed E-state index contributed by atoms with van der Waals surface area (Å²) >= 11 is 1.80. The third-order valence-corrected chi connectivity index (χ3v) is 4.80. The number of benzene rings is 1. The minimum Gasteiger partial charge on any atom is -0.357 e. The first-order valence-electron chi connectivity index (χ1n) is 8.23. The van der Waals surface area contributed by atoms with Gasteiger partial charge in [-0.25, -0.2) is 9.98 Å². The summed E-state index contributed by atoms with van der Waals surface area (Å²) in [6.45, 7) is 8.77. The molecule has 1 aromatic heterocycles. The Labute approximate surface area is 143 Å². The summed E-state index contributed by atoms with van der Waals surface area (Å²) in [4.78, 5) is 10.5. The van der Waals surface area contributed by atoms with Crippen molar-refractivity contribution in [2.75, 3.05) is 13.1 Å². The predicted octanol–water partition coefficient (Wildman–Crippen LogP) is 3.31. The highest BCUT2D eigenvalue weighted by Gasteiger charge is 2.02. The zero-order valence-electron chi connectivity index (χ0n) is 14.2. The van der Waals surface area contributed by atoms with E-state index in [1.807, 2.05) is 6.20 Å². The quantitative estimate of drug-likeness (QED) is 0.605. The predicted molar refractivity (Wildman–Crippen MR) is 99.2 cm³/mol. The topological polar surface area (TPSA) is 49.3 Å². The number of nitrogens with one attached hydrogen (secondary N) is 2. The third kappa shape index (κ3) is 5.67. The van der Waals surface area contributed by atoms with E-state index < -0.39 is 0 Å². The molecule has 5 heteroatoms. The van der Waals surface area contributed by atoms with Gasteiger partial charge in [-0.15, -0.1) is 11.3 Å². The molecule has 0 saturated carbocycles. The highest BCUT2D eigenvalue weighted by atomic mass is 32.1. The van der Waals surface area contributed by atoms with Gasteiger partial charge in [0.05, 0.1) is 11.6 Å². The second-order valence-corrected chi connectivity index (χ2v) is 6.57. The van der Waals surface area contributed by atoms with Crippen LogP contribution in [0.2, 0.25) is 0 Å². The van der Waals surface area contributed by atoms with Gasteiger partial charge in [-0.3, -0.25) is 0 Å². The van der Waals surface area contributed by atoms with E-state index in [0.717, 1.165) is 31.9 Å². The Morgan fingerprint density at radius 2 is 2.04 bits per heavy atom. The maximum Gasteiger partial charge on any atom is 0.191 e. The van der Waals surface area contributed by atoms with Crippen LogP contribution in [0.15, 0.2) is 35.5 Å². The molecule has 0 amide bonds. The third-order valence-electron chi connectivity index (χ3n) is 3.59. The summed E-state index contributed by atoms with van der Waals surface area (Å²) in [7, 11) is 0. The lowest BCUT2D eigenvalue weighted by Gasteiger charge is -2.11. The minimum atomic E-state index is 0.694. The van der Waals surface area contributed by atoms with Crippen LogP contribution >= 0.6 is 11.3 Å². The van der Waals surface area contributed by atoms with Crippen molar-refractivity contribution < 1.29 is 0 Å². The zero-order chi connectivity index (χ0) is 16.5. The van der Waals surface area contributed by atoms with Crippen LogP contribution in [0.5, 0.6) is 0 Å². The minimum absolute atomic E-state index is 0.694. The second-order valence-electron chi connectivity index (χ2n) is 5.37. The number of guanidine groups is 1. The van der Waals surface area contributed by atoms with Gasteiger partial charge in [0.1, 0.15) is 0 Å². The first-order chi connectivity index (χ1) is 11.2. The molecule has 2 aromatic rings. The molecule has 0 aliphatic carbocycles. The Morgan fingerprint density at radius 3 is 2.74 bits per heavy atom. The number of aromatic nitrogens is 1. The van der Waals surface area contributed by atoms with E-state index >= 15 is 0 Å². The van der Waals surface area contributed by atoms with Gasteiger partial charge in [0.2, 0.25) is 0 Å². The first-order valence-corrected chi connectivity index (χ1v) is 9.04. The molecule has 0 saturated heterocycles. The van der Waals surface area contributed by atoms with Crippen molar-refractivity contribution in [3.8, 4) is 0 Å². The molecule has 0 radical (unpaired) electrons. The van der Waals surface area contributed by atoms with E-state index in [1.165, 1.54) is 21.0 Å².